The fraction of sp³-hybridized carbons (Fsp3) is 0.300. The second-order valence-electron chi connectivity index (χ2n) is 6.19. The van der Waals surface area contributed by atoms with E-state index in [-0.39, 0.29) is 17.7 Å². The molecule has 124 valence electrons. The smallest absolute Gasteiger partial charge is 0.227 e. The lowest BCUT2D eigenvalue weighted by molar-refractivity contribution is -0.121. The number of nitrogens with one attached hydrogen (secondary N) is 2. The molecule has 0 fully saturated rings. The van der Waals surface area contributed by atoms with Gasteiger partial charge in [-0.15, -0.1) is 0 Å². The topological polar surface area (TPSA) is 58.2 Å². The summed E-state index contributed by atoms with van der Waals surface area (Å²) in [5.41, 5.74) is 4.03. The molecule has 2 aromatic carbocycles. The summed E-state index contributed by atoms with van der Waals surface area (Å²) in [5, 5.41) is 5.85. The second-order valence-corrected chi connectivity index (χ2v) is 6.19. The van der Waals surface area contributed by atoms with Gasteiger partial charge in [-0.1, -0.05) is 37.3 Å². The largest absolute Gasteiger partial charge is 0.326 e. The molecule has 0 aromatic heterocycles. The maximum absolute atomic E-state index is 12.2. The highest BCUT2D eigenvalue weighted by molar-refractivity contribution is 5.96. The Balaban J connectivity index is 1.55. The van der Waals surface area contributed by atoms with Crippen molar-refractivity contribution in [2.75, 3.05) is 10.6 Å². The van der Waals surface area contributed by atoms with Gasteiger partial charge in [-0.25, -0.2) is 0 Å². The van der Waals surface area contributed by atoms with E-state index < -0.39 is 0 Å². The van der Waals surface area contributed by atoms with Gasteiger partial charge in [0.05, 0.1) is 0 Å². The van der Waals surface area contributed by atoms with Crippen molar-refractivity contribution in [1.29, 1.82) is 0 Å². The fourth-order valence-corrected chi connectivity index (χ4v) is 3.04. The standard InChI is InChI=1S/C20H22N2O2/c1-2-14-6-5-8-17(12-14)21-19(23)11-10-16-13-15-7-3-4-9-18(15)22-20(16)24/h3-9,12,16H,2,10-11,13H2,1H3,(H,21,23)(H,22,24). The van der Waals surface area contributed by atoms with Crippen LogP contribution in [0.2, 0.25) is 0 Å². The van der Waals surface area contributed by atoms with E-state index in [1.54, 1.807) is 0 Å². The van der Waals surface area contributed by atoms with Crippen LogP contribution in [0.15, 0.2) is 48.5 Å². The summed E-state index contributed by atoms with van der Waals surface area (Å²) < 4.78 is 0. The summed E-state index contributed by atoms with van der Waals surface area (Å²) in [6.07, 6.45) is 2.53. The normalized spacial score (nSPS) is 16.2. The molecule has 3 rings (SSSR count). The average Bonchev–Trinajstić information content (AvgIpc) is 2.60. The van der Waals surface area contributed by atoms with Crippen LogP contribution in [-0.2, 0) is 22.4 Å². The summed E-state index contributed by atoms with van der Waals surface area (Å²) in [5.74, 6) is -0.183. The molecule has 1 unspecified atom stereocenters. The zero-order valence-electron chi connectivity index (χ0n) is 13.8. The zero-order valence-corrected chi connectivity index (χ0v) is 13.8. The number of rotatable bonds is 5. The third kappa shape index (κ3) is 3.82. The Labute approximate surface area is 142 Å². The van der Waals surface area contributed by atoms with Crippen LogP contribution < -0.4 is 10.6 Å². The van der Waals surface area contributed by atoms with Crippen molar-refractivity contribution in [3.8, 4) is 0 Å². The maximum atomic E-state index is 12.2. The molecule has 2 amide bonds. The lowest BCUT2D eigenvalue weighted by atomic mass is 9.89. The van der Waals surface area contributed by atoms with Crippen LogP contribution in [0.1, 0.15) is 30.9 Å². The minimum absolute atomic E-state index is 0.00878. The van der Waals surface area contributed by atoms with E-state index in [9.17, 15) is 9.59 Å². The number of carbonyl (C=O) groups is 2. The van der Waals surface area contributed by atoms with E-state index in [2.05, 4.69) is 17.6 Å². The van der Waals surface area contributed by atoms with Gasteiger partial charge in [0.2, 0.25) is 11.8 Å². The summed E-state index contributed by atoms with van der Waals surface area (Å²) in [6, 6.07) is 15.7. The van der Waals surface area contributed by atoms with Crippen LogP contribution in [0.5, 0.6) is 0 Å². The minimum atomic E-state index is -0.146. The Hall–Kier alpha value is -2.62. The molecule has 0 bridgehead atoms. The first kappa shape index (κ1) is 16.2. The van der Waals surface area contributed by atoms with E-state index in [0.717, 1.165) is 23.4 Å². The number of para-hydroxylation sites is 1. The monoisotopic (exact) mass is 322 g/mol. The summed E-state index contributed by atoms with van der Waals surface area (Å²) in [4.78, 5) is 24.3. The third-order valence-electron chi connectivity index (χ3n) is 4.45. The molecular weight excluding hydrogens is 300 g/mol. The highest BCUT2D eigenvalue weighted by Crippen LogP contribution is 2.27. The minimum Gasteiger partial charge on any atom is -0.326 e. The average molecular weight is 322 g/mol. The quantitative estimate of drug-likeness (QED) is 0.880. The first-order chi connectivity index (χ1) is 11.7. The lowest BCUT2D eigenvalue weighted by Gasteiger charge is -2.24. The predicted octanol–water partition coefficient (Wildman–Crippen LogP) is 3.78. The van der Waals surface area contributed by atoms with E-state index in [4.69, 9.17) is 0 Å². The number of hydrogen-bond acceptors (Lipinski definition) is 2. The zero-order chi connectivity index (χ0) is 16.9. The van der Waals surface area contributed by atoms with Gasteiger partial charge in [0, 0.05) is 23.7 Å². The first-order valence-corrected chi connectivity index (χ1v) is 8.43. The number of amides is 2. The van der Waals surface area contributed by atoms with Gasteiger partial charge in [-0.2, -0.15) is 0 Å². The van der Waals surface area contributed by atoms with E-state index in [1.165, 1.54) is 5.56 Å². The molecular formula is C20H22N2O2. The first-order valence-electron chi connectivity index (χ1n) is 8.43. The molecule has 0 saturated heterocycles. The Morgan fingerprint density at radius 3 is 2.88 bits per heavy atom. The van der Waals surface area contributed by atoms with Crippen molar-refractivity contribution in [3.63, 3.8) is 0 Å². The van der Waals surface area contributed by atoms with Crippen molar-refractivity contribution < 1.29 is 9.59 Å². The van der Waals surface area contributed by atoms with Crippen LogP contribution in [0.25, 0.3) is 0 Å². The number of benzene rings is 2. The van der Waals surface area contributed by atoms with Crippen molar-refractivity contribution in [2.45, 2.75) is 32.6 Å². The number of hydrogen-bond donors (Lipinski definition) is 2. The molecule has 4 heteroatoms. The third-order valence-corrected chi connectivity index (χ3v) is 4.45. The van der Waals surface area contributed by atoms with Crippen LogP contribution in [0.4, 0.5) is 11.4 Å². The highest BCUT2D eigenvalue weighted by Gasteiger charge is 2.26. The van der Waals surface area contributed by atoms with Crippen LogP contribution in [0.3, 0.4) is 0 Å². The molecule has 0 spiro atoms. The molecule has 1 aliphatic heterocycles. The Kier molecular flexibility index (Phi) is 4.94. The van der Waals surface area contributed by atoms with Crippen molar-refractivity contribution in [2.24, 2.45) is 5.92 Å². The lowest BCUT2D eigenvalue weighted by Crippen LogP contribution is -2.30. The predicted molar refractivity (Wildman–Crippen MR) is 95.9 cm³/mol. The highest BCUT2D eigenvalue weighted by atomic mass is 16.2. The van der Waals surface area contributed by atoms with Crippen molar-refractivity contribution in [1.82, 2.24) is 0 Å². The molecule has 24 heavy (non-hydrogen) atoms. The molecule has 1 atom stereocenters. The Bertz CT molecular complexity index is 755. The van der Waals surface area contributed by atoms with E-state index >= 15 is 0 Å². The fourth-order valence-electron chi connectivity index (χ4n) is 3.04. The van der Waals surface area contributed by atoms with Crippen molar-refractivity contribution >= 4 is 23.2 Å². The van der Waals surface area contributed by atoms with Gasteiger partial charge >= 0.3 is 0 Å². The molecule has 2 N–H and O–H groups in total. The molecule has 1 heterocycles. The molecule has 0 aliphatic carbocycles. The summed E-state index contributed by atoms with van der Waals surface area (Å²) >= 11 is 0. The van der Waals surface area contributed by atoms with Gasteiger partial charge < -0.3 is 10.6 Å². The number of carbonyl (C=O) groups excluding carboxylic acids is 2. The Morgan fingerprint density at radius 1 is 1.21 bits per heavy atom. The molecule has 0 radical (unpaired) electrons. The summed E-state index contributed by atoms with van der Waals surface area (Å²) in [6.45, 7) is 2.08. The Morgan fingerprint density at radius 2 is 2.04 bits per heavy atom. The number of fused-ring (bicyclic) bond motifs is 1. The molecule has 0 saturated carbocycles. The second kappa shape index (κ2) is 7.30. The van der Waals surface area contributed by atoms with Gasteiger partial charge in [0.15, 0.2) is 0 Å². The maximum Gasteiger partial charge on any atom is 0.227 e. The number of aryl methyl sites for hydroxylation is 1. The summed E-state index contributed by atoms with van der Waals surface area (Å²) in [7, 11) is 0. The van der Waals surface area contributed by atoms with Gasteiger partial charge in [0.1, 0.15) is 0 Å². The van der Waals surface area contributed by atoms with Crippen LogP contribution in [-0.4, -0.2) is 11.8 Å². The van der Waals surface area contributed by atoms with Gasteiger partial charge in [-0.3, -0.25) is 9.59 Å². The molecule has 1 aliphatic rings. The van der Waals surface area contributed by atoms with Crippen LogP contribution >= 0.6 is 0 Å². The molecule has 2 aromatic rings. The van der Waals surface area contributed by atoms with Gasteiger partial charge in [0.25, 0.3) is 0 Å². The number of anilines is 2. The van der Waals surface area contributed by atoms with Gasteiger partial charge in [-0.05, 0) is 48.6 Å². The van der Waals surface area contributed by atoms with Crippen molar-refractivity contribution in [3.05, 3.63) is 59.7 Å². The molecule has 4 nitrogen and oxygen atoms in total. The van der Waals surface area contributed by atoms with Crippen LogP contribution in [0, 0.1) is 5.92 Å². The van der Waals surface area contributed by atoms with E-state index in [1.807, 2.05) is 48.5 Å². The SMILES string of the molecule is CCc1cccc(NC(=O)CCC2Cc3ccccc3NC2=O)c1. The van der Waals surface area contributed by atoms with E-state index in [0.29, 0.717) is 19.3 Å².